The van der Waals surface area contributed by atoms with Gasteiger partial charge in [-0.15, -0.1) is 0 Å². The lowest BCUT2D eigenvalue weighted by Crippen LogP contribution is -2.27. The molecule has 1 amide bonds. The third-order valence-electron chi connectivity index (χ3n) is 3.03. The Morgan fingerprint density at radius 2 is 1.77 bits per heavy atom. The number of benzene rings is 2. The summed E-state index contributed by atoms with van der Waals surface area (Å²) in [6.07, 6.45) is 1.64. The number of carbonyl (C=O) groups is 1. The third kappa shape index (κ3) is 2.93. The molecule has 0 aliphatic carbocycles. The molecule has 1 aliphatic heterocycles. The van der Waals surface area contributed by atoms with Crippen molar-refractivity contribution in [2.45, 2.75) is 0 Å². The average molecular weight is 333 g/mol. The van der Waals surface area contributed by atoms with Crippen molar-refractivity contribution in [1.29, 1.82) is 0 Å². The van der Waals surface area contributed by atoms with Crippen LogP contribution in [0.5, 0.6) is 0 Å². The first-order valence-electron chi connectivity index (χ1n) is 6.34. The molecule has 1 fully saturated rings. The summed E-state index contributed by atoms with van der Waals surface area (Å²) in [6, 6.07) is 11.5. The zero-order valence-corrected chi connectivity index (χ0v) is 12.8. The van der Waals surface area contributed by atoms with Crippen molar-refractivity contribution >= 4 is 46.0 Å². The Hall–Kier alpha value is -2.05. The first kappa shape index (κ1) is 14.9. The van der Waals surface area contributed by atoms with E-state index in [-0.39, 0.29) is 11.7 Å². The predicted octanol–water partition coefficient (Wildman–Crippen LogP) is 4.37. The summed E-state index contributed by atoms with van der Waals surface area (Å²) in [4.78, 5) is 14.2. The molecule has 3 rings (SSSR count). The van der Waals surface area contributed by atoms with Gasteiger partial charge in [-0.25, -0.2) is 8.78 Å². The summed E-state index contributed by atoms with van der Waals surface area (Å²) in [7, 11) is 0. The largest absolute Gasteiger partial charge is 0.270 e. The van der Waals surface area contributed by atoms with Gasteiger partial charge in [0.1, 0.15) is 11.6 Å². The first-order valence-corrected chi connectivity index (χ1v) is 7.56. The molecule has 0 N–H and O–H groups in total. The van der Waals surface area contributed by atoms with Gasteiger partial charge in [0, 0.05) is 0 Å². The summed E-state index contributed by atoms with van der Waals surface area (Å²) in [5, 5.41) is 0. The van der Waals surface area contributed by atoms with E-state index in [0.717, 1.165) is 11.8 Å². The van der Waals surface area contributed by atoms with Crippen LogP contribution < -0.4 is 4.90 Å². The maximum atomic E-state index is 13.3. The van der Waals surface area contributed by atoms with Crippen molar-refractivity contribution in [3.63, 3.8) is 0 Å². The fourth-order valence-electron chi connectivity index (χ4n) is 2.02. The summed E-state index contributed by atoms with van der Waals surface area (Å²) in [5.41, 5.74) is 1.09. The molecule has 0 spiro atoms. The van der Waals surface area contributed by atoms with Crippen molar-refractivity contribution in [3.05, 3.63) is 70.6 Å². The van der Waals surface area contributed by atoms with Crippen molar-refractivity contribution in [2.75, 3.05) is 4.90 Å². The van der Waals surface area contributed by atoms with Crippen LogP contribution in [0.25, 0.3) is 6.08 Å². The Labute approximate surface area is 135 Å². The standard InChI is InChI=1S/C16H9F2NOS2/c17-11-6-4-10(5-7-11)8-14-15(20)19(16(21)22-14)13-3-1-2-12(18)9-13/h1-9H/b14-8+. The van der Waals surface area contributed by atoms with E-state index in [9.17, 15) is 13.6 Å². The van der Waals surface area contributed by atoms with E-state index in [1.807, 2.05) is 0 Å². The smallest absolute Gasteiger partial charge is 0.268 e. The predicted molar refractivity (Wildman–Crippen MR) is 88.5 cm³/mol. The maximum Gasteiger partial charge on any atom is 0.270 e. The minimum absolute atomic E-state index is 0.315. The lowest BCUT2D eigenvalue weighted by atomic mass is 10.2. The SMILES string of the molecule is O=C1/C(=C\c2ccc(F)cc2)SC(=S)N1c1cccc(F)c1. The molecule has 110 valence electrons. The van der Waals surface area contributed by atoms with Gasteiger partial charge in [-0.3, -0.25) is 9.69 Å². The molecule has 0 radical (unpaired) electrons. The monoisotopic (exact) mass is 333 g/mol. The van der Waals surface area contributed by atoms with Gasteiger partial charge in [0.15, 0.2) is 4.32 Å². The number of thiocarbonyl (C=S) groups is 1. The number of carbonyl (C=O) groups excluding carboxylic acids is 1. The molecule has 0 unspecified atom stereocenters. The van der Waals surface area contributed by atoms with Gasteiger partial charge in [-0.05, 0) is 42.0 Å². The first-order chi connectivity index (χ1) is 10.5. The van der Waals surface area contributed by atoms with Crippen molar-refractivity contribution < 1.29 is 13.6 Å². The third-order valence-corrected chi connectivity index (χ3v) is 4.33. The molecule has 0 atom stereocenters. The second-order valence-electron chi connectivity index (χ2n) is 4.55. The number of amides is 1. The van der Waals surface area contributed by atoms with E-state index in [1.165, 1.54) is 35.2 Å². The minimum atomic E-state index is -0.436. The topological polar surface area (TPSA) is 20.3 Å². The molecule has 22 heavy (non-hydrogen) atoms. The van der Waals surface area contributed by atoms with Gasteiger partial charge in [-0.1, -0.05) is 42.2 Å². The number of nitrogens with zero attached hydrogens (tertiary/aromatic N) is 1. The minimum Gasteiger partial charge on any atom is -0.268 e. The molecule has 1 heterocycles. The highest BCUT2D eigenvalue weighted by Crippen LogP contribution is 2.36. The van der Waals surface area contributed by atoms with E-state index in [1.54, 1.807) is 24.3 Å². The number of rotatable bonds is 2. The zero-order valence-electron chi connectivity index (χ0n) is 11.1. The highest BCUT2D eigenvalue weighted by molar-refractivity contribution is 8.27. The van der Waals surface area contributed by atoms with E-state index in [4.69, 9.17) is 12.2 Å². The second-order valence-corrected chi connectivity index (χ2v) is 6.22. The van der Waals surface area contributed by atoms with Crippen LogP contribution in [-0.4, -0.2) is 10.2 Å². The van der Waals surface area contributed by atoms with Crippen LogP contribution in [0.4, 0.5) is 14.5 Å². The molecule has 0 saturated carbocycles. The molecule has 2 aromatic rings. The van der Waals surface area contributed by atoms with Crippen molar-refractivity contribution in [1.82, 2.24) is 0 Å². The van der Waals surface area contributed by atoms with Gasteiger partial charge < -0.3 is 0 Å². The van der Waals surface area contributed by atoms with Gasteiger partial charge in [0.25, 0.3) is 5.91 Å². The van der Waals surface area contributed by atoms with Crippen LogP contribution in [-0.2, 0) is 4.79 Å². The summed E-state index contributed by atoms with van der Waals surface area (Å²) in [5.74, 6) is -1.09. The Morgan fingerprint density at radius 3 is 2.45 bits per heavy atom. The molecule has 2 aromatic carbocycles. The lowest BCUT2D eigenvalue weighted by molar-refractivity contribution is -0.113. The average Bonchev–Trinajstić information content (AvgIpc) is 2.76. The highest BCUT2D eigenvalue weighted by atomic mass is 32.2. The Morgan fingerprint density at radius 1 is 1.05 bits per heavy atom. The van der Waals surface area contributed by atoms with E-state index in [0.29, 0.717) is 20.5 Å². The van der Waals surface area contributed by atoms with Crippen molar-refractivity contribution in [3.8, 4) is 0 Å². The summed E-state index contributed by atoms with van der Waals surface area (Å²) >= 11 is 6.34. The number of anilines is 1. The molecular weight excluding hydrogens is 324 g/mol. The van der Waals surface area contributed by atoms with Crippen molar-refractivity contribution in [2.24, 2.45) is 0 Å². The Bertz CT molecular complexity index is 787. The molecule has 0 bridgehead atoms. The Kier molecular flexibility index (Phi) is 4.04. The number of hydrogen-bond acceptors (Lipinski definition) is 3. The lowest BCUT2D eigenvalue weighted by Gasteiger charge is -2.14. The number of thioether (sulfide) groups is 1. The van der Waals surface area contributed by atoms with Gasteiger partial charge in [0.2, 0.25) is 0 Å². The van der Waals surface area contributed by atoms with Gasteiger partial charge >= 0.3 is 0 Å². The van der Waals surface area contributed by atoms with E-state index >= 15 is 0 Å². The van der Waals surface area contributed by atoms with Crippen LogP contribution in [0.2, 0.25) is 0 Å². The highest BCUT2D eigenvalue weighted by Gasteiger charge is 2.33. The number of hydrogen-bond donors (Lipinski definition) is 0. The molecule has 1 saturated heterocycles. The molecule has 2 nitrogen and oxygen atoms in total. The quantitative estimate of drug-likeness (QED) is 0.601. The normalized spacial score (nSPS) is 16.6. The van der Waals surface area contributed by atoms with Crippen LogP contribution in [0.15, 0.2) is 53.4 Å². The fourth-order valence-corrected chi connectivity index (χ4v) is 3.31. The molecule has 0 aromatic heterocycles. The van der Waals surface area contributed by atoms with E-state index < -0.39 is 5.82 Å². The van der Waals surface area contributed by atoms with Gasteiger partial charge in [0.05, 0.1) is 10.6 Å². The summed E-state index contributed by atoms with van der Waals surface area (Å²) in [6.45, 7) is 0. The fraction of sp³-hybridized carbons (Fsp3) is 0. The van der Waals surface area contributed by atoms with Crippen LogP contribution in [0, 0.1) is 11.6 Å². The van der Waals surface area contributed by atoms with Crippen LogP contribution >= 0.6 is 24.0 Å². The number of halogens is 2. The Balaban J connectivity index is 1.93. The second kappa shape index (κ2) is 5.98. The maximum absolute atomic E-state index is 13.3. The summed E-state index contributed by atoms with van der Waals surface area (Å²) < 4.78 is 26.6. The molecule has 6 heteroatoms. The molecule has 1 aliphatic rings. The van der Waals surface area contributed by atoms with E-state index in [2.05, 4.69) is 0 Å². The molecular formula is C16H9F2NOS2. The zero-order chi connectivity index (χ0) is 15.7. The van der Waals surface area contributed by atoms with Crippen LogP contribution in [0.1, 0.15) is 5.56 Å². The van der Waals surface area contributed by atoms with Crippen LogP contribution in [0.3, 0.4) is 0 Å². The van der Waals surface area contributed by atoms with Gasteiger partial charge in [-0.2, -0.15) is 0 Å².